The monoisotopic (exact) mass is 274 g/mol. The lowest BCUT2D eigenvalue weighted by molar-refractivity contribution is -0.160. The van der Waals surface area contributed by atoms with Crippen LogP contribution in [0, 0.1) is 17.3 Å². The Morgan fingerprint density at radius 3 is 2.55 bits per heavy atom. The van der Waals surface area contributed by atoms with Crippen molar-refractivity contribution >= 4 is 11.8 Å². The highest BCUT2D eigenvalue weighted by atomic mass is 16.5. The van der Waals surface area contributed by atoms with E-state index < -0.39 is 5.41 Å². The van der Waals surface area contributed by atoms with Gasteiger partial charge in [0.1, 0.15) is 5.41 Å². The molecule has 2 rings (SSSR count). The van der Waals surface area contributed by atoms with Crippen LogP contribution in [0.15, 0.2) is 30.3 Å². The number of carbonyl (C=O) groups excluding carboxylic acids is 2. The Morgan fingerprint density at radius 2 is 2.00 bits per heavy atom. The van der Waals surface area contributed by atoms with Crippen LogP contribution in [0.3, 0.4) is 0 Å². The van der Waals surface area contributed by atoms with Crippen molar-refractivity contribution in [3.8, 4) is 0 Å². The first-order valence-electron chi connectivity index (χ1n) is 7.19. The van der Waals surface area contributed by atoms with Gasteiger partial charge in [-0.1, -0.05) is 44.2 Å². The quantitative estimate of drug-likeness (QED) is 0.626. The molecule has 1 aliphatic rings. The maximum atomic E-state index is 12.8. The molecule has 20 heavy (non-hydrogen) atoms. The molecule has 108 valence electrons. The zero-order chi connectivity index (χ0) is 14.8. The molecular formula is C17H22O3. The summed E-state index contributed by atoms with van der Waals surface area (Å²) in [6, 6.07) is 9.98. The van der Waals surface area contributed by atoms with Gasteiger partial charge in [-0.3, -0.25) is 9.59 Å². The lowest BCUT2D eigenvalue weighted by atomic mass is 9.74. The van der Waals surface area contributed by atoms with Crippen LogP contribution < -0.4 is 0 Å². The fourth-order valence-electron chi connectivity index (χ4n) is 3.31. The minimum atomic E-state index is -0.936. The fraction of sp³-hybridized carbons (Fsp3) is 0.529. The maximum Gasteiger partial charge on any atom is 0.319 e. The molecule has 0 heterocycles. The van der Waals surface area contributed by atoms with Gasteiger partial charge in [0.05, 0.1) is 7.11 Å². The number of Topliss-reactive ketones (excluding diaryl/α,β-unsaturated/α-hetero) is 1. The zero-order valence-corrected chi connectivity index (χ0v) is 12.4. The Labute approximate surface area is 120 Å². The standard InChI is InChI=1S/C17H22O3/c1-12(2)17(16(19)20-3)10-9-14(15(17)18)11-13-7-5-4-6-8-13/h4-8,12,14H,9-11H2,1-3H3. The minimum Gasteiger partial charge on any atom is -0.468 e. The van der Waals surface area contributed by atoms with Gasteiger partial charge >= 0.3 is 5.97 Å². The molecule has 2 atom stereocenters. The van der Waals surface area contributed by atoms with Crippen molar-refractivity contribution in [3.05, 3.63) is 35.9 Å². The number of rotatable bonds is 4. The summed E-state index contributed by atoms with van der Waals surface area (Å²) in [7, 11) is 1.37. The zero-order valence-electron chi connectivity index (χ0n) is 12.4. The van der Waals surface area contributed by atoms with E-state index in [0.29, 0.717) is 12.8 Å². The summed E-state index contributed by atoms with van der Waals surface area (Å²) in [5.74, 6) is -0.404. The molecule has 0 spiro atoms. The van der Waals surface area contributed by atoms with Gasteiger partial charge in [0.2, 0.25) is 0 Å². The molecule has 3 heteroatoms. The summed E-state index contributed by atoms with van der Waals surface area (Å²) >= 11 is 0. The van der Waals surface area contributed by atoms with Gasteiger partial charge in [0.25, 0.3) is 0 Å². The van der Waals surface area contributed by atoms with E-state index in [1.54, 1.807) is 0 Å². The Bertz CT molecular complexity index is 492. The Hall–Kier alpha value is -1.64. The van der Waals surface area contributed by atoms with E-state index >= 15 is 0 Å². The molecule has 1 aromatic rings. The Morgan fingerprint density at radius 1 is 1.35 bits per heavy atom. The molecule has 0 saturated heterocycles. The van der Waals surface area contributed by atoms with Gasteiger partial charge in [0, 0.05) is 5.92 Å². The number of methoxy groups -OCH3 is 1. The van der Waals surface area contributed by atoms with Gasteiger partial charge < -0.3 is 4.74 Å². The number of benzene rings is 1. The van der Waals surface area contributed by atoms with E-state index in [9.17, 15) is 9.59 Å². The lowest BCUT2D eigenvalue weighted by Crippen LogP contribution is -2.42. The Kier molecular flexibility index (Phi) is 4.26. The molecule has 0 bridgehead atoms. The van der Waals surface area contributed by atoms with Crippen LogP contribution in [0.25, 0.3) is 0 Å². The van der Waals surface area contributed by atoms with Crippen molar-refractivity contribution < 1.29 is 14.3 Å². The fourth-order valence-corrected chi connectivity index (χ4v) is 3.31. The molecule has 1 aromatic carbocycles. The molecule has 0 N–H and O–H groups in total. The molecule has 0 radical (unpaired) electrons. The number of esters is 1. The normalized spacial score (nSPS) is 26.0. The molecule has 1 aliphatic carbocycles. The van der Waals surface area contributed by atoms with Crippen molar-refractivity contribution in [3.63, 3.8) is 0 Å². The van der Waals surface area contributed by atoms with E-state index in [2.05, 4.69) is 0 Å². The van der Waals surface area contributed by atoms with Crippen LogP contribution in [-0.4, -0.2) is 18.9 Å². The second-order valence-electron chi connectivity index (χ2n) is 5.91. The lowest BCUT2D eigenvalue weighted by Gasteiger charge is -2.29. The van der Waals surface area contributed by atoms with Gasteiger partial charge in [-0.05, 0) is 30.7 Å². The molecule has 1 saturated carbocycles. The summed E-state index contributed by atoms with van der Waals surface area (Å²) in [6.45, 7) is 3.86. The molecule has 3 nitrogen and oxygen atoms in total. The third-order valence-electron chi connectivity index (χ3n) is 4.56. The van der Waals surface area contributed by atoms with Gasteiger partial charge in [-0.2, -0.15) is 0 Å². The molecule has 0 aliphatic heterocycles. The first-order chi connectivity index (χ1) is 9.52. The topological polar surface area (TPSA) is 43.4 Å². The average Bonchev–Trinajstić information content (AvgIpc) is 2.78. The van der Waals surface area contributed by atoms with Crippen LogP contribution in [-0.2, 0) is 20.7 Å². The molecule has 0 aromatic heterocycles. The van der Waals surface area contributed by atoms with Crippen molar-refractivity contribution in [2.24, 2.45) is 17.3 Å². The molecule has 0 amide bonds. The van der Waals surface area contributed by atoms with Crippen LogP contribution in [0.5, 0.6) is 0 Å². The van der Waals surface area contributed by atoms with E-state index in [4.69, 9.17) is 4.74 Å². The first-order valence-corrected chi connectivity index (χ1v) is 7.19. The summed E-state index contributed by atoms with van der Waals surface area (Å²) in [6.07, 6.45) is 2.08. The van der Waals surface area contributed by atoms with E-state index in [1.807, 2.05) is 44.2 Å². The van der Waals surface area contributed by atoms with Gasteiger partial charge in [0.15, 0.2) is 5.78 Å². The summed E-state index contributed by atoms with van der Waals surface area (Å²) in [5, 5.41) is 0. The smallest absolute Gasteiger partial charge is 0.319 e. The highest BCUT2D eigenvalue weighted by molar-refractivity contribution is 6.06. The second kappa shape index (κ2) is 5.78. The third kappa shape index (κ3) is 2.37. The highest BCUT2D eigenvalue weighted by Crippen LogP contribution is 2.46. The number of hydrogen-bond acceptors (Lipinski definition) is 3. The second-order valence-corrected chi connectivity index (χ2v) is 5.91. The predicted molar refractivity (Wildman–Crippen MR) is 77.2 cm³/mol. The number of ether oxygens (including phenoxy) is 1. The van der Waals surface area contributed by atoms with E-state index in [1.165, 1.54) is 7.11 Å². The van der Waals surface area contributed by atoms with Crippen molar-refractivity contribution in [2.75, 3.05) is 7.11 Å². The van der Waals surface area contributed by atoms with Crippen LogP contribution in [0.4, 0.5) is 0 Å². The van der Waals surface area contributed by atoms with Crippen molar-refractivity contribution in [1.29, 1.82) is 0 Å². The summed E-state index contributed by atoms with van der Waals surface area (Å²) in [5.41, 5.74) is 0.212. The van der Waals surface area contributed by atoms with Gasteiger partial charge in [-0.15, -0.1) is 0 Å². The van der Waals surface area contributed by atoms with Crippen LogP contribution in [0.1, 0.15) is 32.3 Å². The van der Waals surface area contributed by atoms with Crippen LogP contribution in [0.2, 0.25) is 0 Å². The van der Waals surface area contributed by atoms with Gasteiger partial charge in [-0.25, -0.2) is 0 Å². The first kappa shape index (κ1) is 14.8. The SMILES string of the molecule is COC(=O)C1(C(C)C)CCC(Cc2ccccc2)C1=O. The minimum absolute atomic E-state index is 0.0248. The number of carbonyl (C=O) groups is 2. The summed E-state index contributed by atoms with van der Waals surface area (Å²) < 4.78 is 4.91. The van der Waals surface area contributed by atoms with Crippen molar-refractivity contribution in [2.45, 2.75) is 33.1 Å². The Balaban J connectivity index is 2.21. The molecule has 2 unspecified atom stereocenters. The highest BCUT2D eigenvalue weighted by Gasteiger charge is 2.55. The van der Waals surface area contributed by atoms with E-state index in [0.717, 1.165) is 12.0 Å². The number of hydrogen-bond donors (Lipinski definition) is 0. The molecular weight excluding hydrogens is 252 g/mol. The maximum absolute atomic E-state index is 12.8. The molecule has 1 fully saturated rings. The summed E-state index contributed by atoms with van der Waals surface area (Å²) in [4.78, 5) is 24.9. The third-order valence-corrected chi connectivity index (χ3v) is 4.56. The average molecular weight is 274 g/mol. The van der Waals surface area contributed by atoms with Crippen LogP contribution >= 0.6 is 0 Å². The largest absolute Gasteiger partial charge is 0.468 e. The predicted octanol–water partition coefficient (Wildman–Crippen LogP) is 3.02. The van der Waals surface area contributed by atoms with E-state index in [-0.39, 0.29) is 23.6 Å². The van der Waals surface area contributed by atoms with Crippen molar-refractivity contribution in [1.82, 2.24) is 0 Å². The number of ketones is 1.